The van der Waals surface area contributed by atoms with Crippen molar-refractivity contribution in [1.82, 2.24) is 19.9 Å². The van der Waals surface area contributed by atoms with Crippen molar-refractivity contribution in [3.8, 4) is 22.8 Å². The van der Waals surface area contributed by atoms with E-state index < -0.39 is 0 Å². The first-order valence-electron chi connectivity index (χ1n) is 10.4. The molecule has 9 nitrogen and oxygen atoms in total. The number of halogens is 1. The zero-order valence-electron chi connectivity index (χ0n) is 18.5. The van der Waals surface area contributed by atoms with Gasteiger partial charge in [0.15, 0.2) is 5.82 Å². The number of para-hydroxylation sites is 1. The highest BCUT2D eigenvalue weighted by Crippen LogP contribution is 2.33. The normalized spacial score (nSPS) is 10.9. The molecular weight excluding hydrogens is 442 g/mol. The van der Waals surface area contributed by atoms with Crippen molar-refractivity contribution in [2.75, 3.05) is 22.9 Å². The molecule has 2 aromatic heterocycles. The molecule has 33 heavy (non-hydrogen) atoms. The van der Waals surface area contributed by atoms with Crippen molar-refractivity contribution in [3.05, 3.63) is 58.6 Å². The maximum atomic E-state index is 12.8. The van der Waals surface area contributed by atoms with Crippen LogP contribution in [-0.4, -0.2) is 32.4 Å². The van der Waals surface area contributed by atoms with Gasteiger partial charge in [-0.05, 0) is 56.2 Å². The fraction of sp³-hybridized carbons (Fsp3) is 0.217. The molecule has 4 aromatic rings. The molecule has 10 heteroatoms. The number of anilines is 3. The number of hydrogen-bond donors (Lipinski definition) is 3. The number of nitrogens with one attached hydrogen (secondary N) is 2. The lowest BCUT2D eigenvalue weighted by Crippen LogP contribution is -2.21. The van der Waals surface area contributed by atoms with Crippen LogP contribution in [0.3, 0.4) is 0 Å². The standard InChI is InChI=1S/C23H24ClN7O2/c1-4-26-22-18(23-28-21(30-33-23)15-8-10-16(24)11-9-15)20(25)31(29-22)12-17(32)27-19-13(2)6-5-7-14(19)3/h5-11H,4,12,25H2,1-3H3,(H,26,29)(H,27,32). The number of nitrogen functional groups attached to an aromatic ring is 1. The number of benzene rings is 2. The summed E-state index contributed by atoms with van der Waals surface area (Å²) < 4.78 is 6.90. The van der Waals surface area contributed by atoms with Gasteiger partial charge in [0.25, 0.3) is 5.89 Å². The second kappa shape index (κ2) is 9.33. The summed E-state index contributed by atoms with van der Waals surface area (Å²) >= 11 is 5.96. The van der Waals surface area contributed by atoms with Crippen LogP contribution >= 0.6 is 11.6 Å². The number of aryl methyl sites for hydroxylation is 2. The lowest BCUT2D eigenvalue weighted by Gasteiger charge is -2.11. The first-order valence-corrected chi connectivity index (χ1v) is 10.8. The van der Waals surface area contributed by atoms with Crippen molar-refractivity contribution < 1.29 is 9.32 Å². The van der Waals surface area contributed by atoms with Gasteiger partial charge in [0.2, 0.25) is 11.7 Å². The Morgan fingerprint density at radius 1 is 1.15 bits per heavy atom. The van der Waals surface area contributed by atoms with Gasteiger partial charge in [-0.25, -0.2) is 4.68 Å². The second-order valence-corrected chi connectivity index (χ2v) is 7.98. The summed E-state index contributed by atoms with van der Waals surface area (Å²) in [7, 11) is 0. The van der Waals surface area contributed by atoms with Gasteiger partial charge in [-0.15, -0.1) is 0 Å². The summed E-state index contributed by atoms with van der Waals surface area (Å²) in [5.74, 6) is 1.05. The van der Waals surface area contributed by atoms with Gasteiger partial charge in [0.05, 0.1) is 0 Å². The molecule has 2 aromatic carbocycles. The largest absolute Gasteiger partial charge is 0.383 e. The quantitative estimate of drug-likeness (QED) is 0.366. The van der Waals surface area contributed by atoms with E-state index in [9.17, 15) is 4.79 Å². The molecule has 0 saturated heterocycles. The van der Waals surface area contributed by atoms with Crippen LogP contribution < -0.4 is 16.4 Å². The lowest BCUT2D eigenvalue weighted by atomic mass is 10.1. The third-order valence-electron chi connectivity index (χ3n) is 5.12. The Morgan fingerprint density at radius 2 is 1.85 bits per heavy atom. The molecule has 0 atom stereocenters. The topological polar surface area (TPSA) is 124 Å². The average molecular weight is 466 g/mol. The van der Waals surface area contributed by atoms with Crippen LogP contribution in [0.25, 0.3) is 22.8 Å². The summed E-state index contributed by atoms with van der Waals surface area (Å²) in [5, 5.41) is 15.2. The zero-order valence-corrected chi connectivity index (χ0v) is 19.3. The Hall–Kier alpha value is -3.85. The van der Waals surface area contributed by atoms with Crippen LogP contribution in [-0.2, 0) is 11.3 Å². The molecule has 0 aliphatic rings. The molecule has 0 aliphatic heterocycles. The summed E-state index contributed by atoms with van der Waals surface area (Å²) in [6.45, 7) is 6.34. The van der Waals surface area contributed by atoms with Gasteiger partial charge >= 0.3 is 0 Å². The number of aromatic nitrogens is 4. The second-order valence-electron chi connectivity index (χ2n) is 7.54. The van der Waals surface area contributed by atoms with E-state index in [2.05, 4.69) is 25.9 Å². The fourth-order valence-corrected chi connectivity index (χ4v) is 3.59. The Bertz CT molecular complexity index is 1270. The number of carbonyl (C=O) groups is 1. The maximum absolute atomic E-state index is 12.8. The highest BCUT2D eigenvalue weighted by atomic mass is 35.5. The zero-order chi connectivity index (χ0) is 23.5. The first-order chi connectivity index (χ1) is 15.9. The molecule has 0 bridgehead atoms. The SMILES string of the molecule is CCNc1nn(CC(=O)Nc2c(C)cccc2C)c(N)c1-c1nc(-c2ccc(Cl)cc2)no1. The summed E-state index contributed by atoms with van der Waals surface area (Å²) in [4.78, 5) is 17.2. The molecular formula is C23H24ClN7O2. The molecule has 170 valence electrons. The van der Waals surface area contributed by atoms with Gasteiger partial charge in [-0.2, -0.15) is 10.1 Å². The predicted octanol–water partition coefficient (Wildman–Crippen LogP) is 4.52. The van der Waals surface area contributed by atoms with Crippen molar-refractivity contribution in [3.63, 3.8) is 0 Å². The van der Waals surface area contributed by atoms with Gasteiger partial charge in [-0.3, -0.25) is 4.79 Å². The van der Waals surface area contributed by atoms with E-state index in [1.165, 1.54) is 4.68 Å². The third-order valence-corrected chi connectivity index (χ3v) is 5.37. The first kappa shape index (κ1) is 22.3. The Kier molecular flexibility index (Phi) is 6.32. The Labute approximate surface area is 195 Å². The molecule has 4 rings (SSSR count). The minimum Gasteiger partial charge on any atom is -0.383 e. The molecule has 0 radical (unpaired) electrons. The molecule has 0 unspecified atom stereocenters. The summed E-state index contributed by atoms with van der Waals surface area (Å²) in [6.07, 6.45) is 0. The molecule has 0 fully saturated rings. The van der Waals surface area contributed by atoms with Crippen LogP contribution in [0.1, 0.15) is 18.1 Å². The van der Waals surface area contributed by atoms with E-state index in [1.807, 2.05) is 39.0 Å². The van der Waals surface area contributed by atoms with Crippen LogP contribution in [0.4, 0.5) is 17.3 Å². The van der Waals surface area contributed by atoms with Gasteiger partial charge < -0.3 is 20.9 Å². The Balaban J connectivity index is 1.62. The van der Waals surface area contributed by atoms with E-state index in [0.29, 0.717) is 28.8 Å². The van der Waals surface area contributed by atoms with Crippen molar-refractivity contribution in [1.29, 1.82) is 0 Å². The fourth-order valence-electron chi connectivity index (χ4n) is 3.47. The van der Waals surface area contributed by atoms with Crippen LogP contribution in [0.5, 0.6) is 0 Å². The third kappa shape index (κ3) is 4.68. The highest BCUT2D eigenvalue weighted by Gasteiger charge is 2.24. The number of nitrogens with two attached hydrogens (primary N) is 1. The molecule has 4 N–H and O–H groups in total. The molecule has 1 amide bonds. The van der Waals surface area contributed by atoms with Crippen LogP contribution in [0.2, 0.25) is 5.02 Å². The number of carbonyl (C=O) groups excluding carboxylic acids is 1. The van der Waals surface area contributed by atoms with Gasteiger partial charge in [0, 0.05) is 22.8 Å². The summed E-state index contributed by atoms with van der Waals surface area (Å²) in [5.41, 5.74) is 10.3. The average Bonchev–Trinajstić information content (AvgIpc) is 3.37. The van der Waals surface area contributed by atoms with Crippen LogP contribution in [0, 0.1) is 13.8 Å². The van der Waals surface area contributed by atoms with E-state index >= 15 is 0 Å². The van der Waals surface area contributed by atoms with Gasteiger partial charge in [0.1, 0.15) is 17.9 Å². The van der Waals surface area contributed by atoms with E-state index in [0.717, 1.165) is 22.4 Å². The molecule has 0 spiro atoms. The minimum absolute atomic E-state index is 0.0732. The smallest absolute Gasteiger partial charge is 0.265 e. The van der Waals surface area contributed by atoms with Gasteiger partial charge in [-0.1, -0.05) is 35.0 Å². The van der Waals surface area contributed by atoms with E-state index in [1.54, 1.807) is 24.3 Å². The predicted molar refractivity (Wildman–Crippen MR) is 129 cm³/mol. The number of hydrogen-bond acceptors (Lipinski definition) is 7. The Morgan fingerprint density at radius 3 is 2.52 bits per heavy atom. The van der Waals surface area contributed by atoms with E-state index in [-0.39, 0.29) is 24.2 Å². The number of amides is 1. The lowest BCUT2D eigenvalue weighted by molar-refractivity contribution is -0.116. The molecule has 0 aliphatic carbocycles. The monoisotopic (exact) mass is 465 g/mol. The number of rotatable bonds is 7. The van der Waals surface area contributed by atoms with Crippen molar-refractivity contribution in [2.45, 2.75) is 27.3 Å². The minimum atomic E-state index is -0.247. The van der Waals surface area contributed by atoms with Crippen molar-refractivity contribution >= 4 is 34.8 Å². The maximum Gasteiger partial charge on any atom is 0.265 e. The molecule has 2 heterocycles. The molecule has 0 saturated carbocycles. The van der Waals surface area contributed by atoms with E-state index in [4.69, 9.17) is 21.9 Å². The van der Waals surface area contributed by atoms with Crippen LogP contribution in [0.15, 0.2) is 47.0 Å². The highest BCUT2D eigenvalue weighted by molar-refractivity contribution is 6.30. The number of nitrogens with zero attached hydrogens (tertiary/aromatic N) is 4. The van der Waals surface area contributed by atoms with Crippen molar-refractivity contribution in [2.24, 2.45) is 0 Å². The summed E-state index contributed by atoms with van der Waals surface area (Å²) in [6, 6.07) is 12.9.